The number of anilines is 2. The van der Waals surface area contributed by atoms with Gasteiger partial charge >= 0.3 is 0 Å². The second-order valence-corrected chi connectivity index (χ2v) is 7.77. The summed E-state index contributed by atoms with van der Waals surface area (Å²) in [6.45, 7) is 4.46. The van der Waals surface area contributed by atoms with Crippen LogP contribution in [-0.4, -0.2) is 44.5 Å². The maximum Gasteiger partial charge on any atom is 0.224 e. The molecule has 2 aliphatic rings. The van der Waals surface area contributed by atoms with Crippen LogP contribution in [0.4, 0.5) is 11.8 Å². The summed E-state index contributed by atoms with van der Waals surface area (Å²) in [5.41, 5.74) is -1.50. The summed E-state index contributed by atoms with van der Waals surface area (Å²) < 4.78 is 0. The fraction of sp³-hybridized carbons (Fsp3) is 0.750. The molecule has 3 rings (SSSR count). The molecule has 0 radical (unpaired) electrons. The lowest BCUT2D eigenvalue weighted by molar-refractivity contribution is 0.0500. The maximum absolute atomic E-state index is 10.4. The average molecular weight is 341 g/mol. The lowest BCUT2D eigenvalue weighted by atomic mass is 10.0. The molecule has 0 aromatic carbocycles. The summed E-state index contributed by atoms with van der Waals surface area (Å²) in [4.78, 5) is 8.50. The number of aliphatic hydroxyl groups is 2. The zero-order valence-electron chi connectivity index (χ0n) is 13.6. The Kier molecular flexibility index (Phi) is 4.42. The highest BCUT2D eigenvalue weighted by Crippen LogP contribution is 2.40. The first-order valence-electron chi connectivity index (χ1n) is 8.23. The normalized spacial score (nSPS) is 23.0. The molecule has 1 aromatic heterocycles. The second kappa shape index (κ2) is 6.07. The first kappa shape index (κ1) is 16.7. The third-order valence-electron chi connectivity index (χ3n) is 4.88. The summed E-state index contributed by atoms with van der Waals surface area (Å²) in [5, 5.41) is 27.3. The van der Waals surface area contributed by atoms with Crippen LogP contribution < -0.4 is 10.6 Å². The van der Waals surface area contributed by atoms with Gasteiger partial charge in [0.15, 0.2) is 5.82 Å². The van der Waals surface area contributed by atoms with E-state index in [1.54, 1.807) is 0 Å². The van der Waals surface area contributed by atoms with E-state index >= 15 is 0 Å². The van der Waals surface area contributed by atoms with Crippen molar-refractivity contribution in [3.05, 3.63) is 11.2 Å². The molecule has 2 fully saturated rings. The Hall–Kier alpha value is -1.11. The van der Waals surface area contributed by atoms with Gasteiger partial charge in [0, 0.05) is 13.1 Å². The first-order chi connectivity index (χ1) is 10.8. The minimum Gasteiger partial charge on any atom is -0.388 e. The highest BCUT2D eigenvalue weighted by atomic mass is 35.5. The smallest absolute Gasteiger partial charge is 0.224 e. The molecule has 1 heterocycles. The van der Waals surface area contributed by atoms with E-state index in [4.69, 9.17) is 11.6 Å². The van der Waals surface area contributed by atoms with E-state index in [0.29, 0.717) is 41.7 Å². The predicted molar refractivity (Wildman–Crippen MR) is 90.7 cm³/mol. The van der Waals surface area contributed by atoms with Crippen molar-refractivity contribution in [1.29, 1.82) is 0 Å². The number of hydrogen-bond acceptors (Lipinski definition) is 6. The van der Waals surface area contributed by atoms with Crippen molar-refractivity contribution in [2.24, 2.45) is 11.8 Å². The molecule has 2 saturated carbocycles. The van der Waals surface area contributed by atoms with Gasteiger partial charge in [-0.2, -0.15) is 4.98 Å². The Labute approximate surface area is 141 Å². The van der Waals surface area contributed by atoms with Gasteiger partial charge in [0.25, 0.3) is 0 Å². The quantitative estimate of drug-likeness (QED) is 0.580. The van der Waals surface area contributed by atoms with Crippen LogP contribution in [0.2, 0.25) is 5.02 Å². The predicted octanol–water partition coefficient (Wildman–Crippen LogP) is 2.28. The summed E-state index contributed by atoms with van der Waals surface area (Å²) >= 11 is 6.12. The molecule has 7 heteroatoms. The number of halogens is 1. The Morgan fingerprint density at radius 2 is 1.61 bits per heavy atom. The van der Waals surface area contributed by atoms with Gasteiger partial charge < -0.3 is 20.8 Å². The van der Waals surface area contributed by atoms with Crippen molar-refractivity contribution in [3.63, 3.8) is 0 Å². The monoisotopic (exact) mass is 340 g/mol. The fourth-order valence-corrected chi connectivity index (χ4v) is 2.95. The number of rotatable bonds is 8. The lowest BCUT2D eigenvalue weighted by Gasteiger charge is -2.24. The van der Waals surface area contributed by atoms with Crippen LogP contribution in [0.1, 0.15) is 39.5 Å². The van der Waals surface area contributed by atoms with E-state index in [1.165, 1.54) is 6.20 Å². The van der Waals surface area contributed by atoms with E-state index in [-0.39, 0.29) is 0 Å². The summed E-state index contributed by atoms with van der Waals surface area (Å²) in [7, 11) is 0. The molecule has 0 saturated heterocycles. The Morgan fingerprint density at radius 3 is 2.13 bits per heavy atom. The third kappa shape index (κ3) is 4.25. The summed E-state index contributed by atoms with van der Waals surface area (Å²) in [6.07, 6.45) is 5.79. The third-order valence-corrected chi connectivity index (χ3v) is 5.15. The topological polar surface area (TPSA) is 90.3 Å². The molecule has 2 aliphatic carbocycles. The van der Waals surface area contributed by atoms with Gasteiger partial charge in [-0.15, -0.1) is 0 Å². The SMILES string of the molecule is CC(O)(CNc1ncc(Cl)c(NCC(C)(O)C2CC2)n1)C1CC1. The van der Waals surface area contributed by atoms with E-state index in [9.17, 15) is 10.2 Å². The van der Waals surface area contributed by atoms with Crippen molar-refractivity contribution in [3.8, 4) is 0 Å². The molecule has 0 bridgehead atoms. The van der Waals surface area contributed by atoms with Crippen molar-refractivity contribution in [1.82, 2.24) is 9.97 Å². The van der Waals surface area contributed by atoms with Gasteiger partial charge in [-0.3, -0.25) is 0 Å². The van der Waals surface area contributed by atoms with Crippen LogP contribution in [-0.2, 0) is 0 Å². The summed E-state index contributed by atoms with van der Waals surface area (Å²) in [6, 6.07) is 0. The van der Waals surface area contributed by atoms with Crippen molar-refractivity contribution in [2.45, 2.75) is 50.7 Å². The first-order valence-corrected chi connectivity index (χ1v) is 8.61. The lowest BCUT2D eigenvalue weighted by Crippen LogP contribution is -2.36. The fourth-order valence-electron chi connectivity index (χ4n) is 2.80. The molecule has 2 unspecified atom stereocenters. The minimum atomic E-state index is -0.752. The Balaban J connectivity index is 1.59. The van der Waals surface area contributed by atoms with Crippen LogP contribution >= 0.6 is 11.6 Å². The van der Waals surface area contributed by atoms with Crippen LogP contribution in [0.3, 0.4) is 0 Å². The molecule has 0 amide bonds. The van der Waals surface area contributed by atoms with Crippen molar-refractivity contribution in [2.75, 3.05) is 23.7 Å². The molecule has 0 aliphatic heterocycles. The average Bonchev–Trinajstić information content (AvgIpc) is 3.36. The molecule has 128 valence electrons. The second-order valence-electron chi connectivity index (χ2n) is 7.36. The molecule has 0 spiro atoms. The largest absolute Gasteiger partial charge is 0.388 e. The van der Waals surface area contributed by atoms with Gasteiger partial charge in [-0.25, -0.2) is 4.98 Å². The zero-order chi connectivity index (χ0) is 16.7. The van der Waals surface area contributed by atoms with E-state index in [0.717, 1.165) is 25.7 Å². The Bertz CT molecular complexity index is 571. The van der Waals surface area contributed by atoms with Crippen LogP contribution in [0.15, 0.2) is 6.20 Å². The molecule has 1 aromatic rings. The molecule has 4 N–H and O–H groups in total. The van der Waals surface area contributed by atoms with E-state index in [2.05, 4.69) is 20.6 Å². The van der Waals surface area contributed by atoms with Crippen molar-refractivity contribution < 1.29 is 10.2 Å². The molecule has 6 nitrogen and oxygen atoms in total. The number of nitrogens with one attached hydrogen (secondary N) is 2. The Morgan fingerprint density at radius 1 is 1.09 bits per heavy atom. The van der Waals surface area contributed by atoms with E-state index < -0.39 is 11.2 Å². The number of nitrogens with zero attached hydrogens (tertiary/aromatic N) is 2. The highest BCUT2D eigenvalue weighted by molar-refractivity contribution is 6.32. The van der Waals surface area contributed by atoms with Gasteiger partial charge in [-0.05, 0) is 51.4 Å². The molecule has 2 atom stereocenters. The van der Waals surface area contributed by atoms with Crippen molar-refractivity contribution >= 4 is 23.4 Å². The van der Waals surface area contributed by atoms with Gasteiger partial charge in [0.05, 0.1) is 17.4 Å². The maximum atomic E-state index is 10.4. The van der Waals surface area contributed by atoms with Crippen LogP contribution in [0.25, 0.3) is 0 Å². The van der Waals surface area contributed by atoms with Gasteiger partial charge in [0.1, 0.15) is 5.02 Å². The van der Waals surface area contributed by atoms with E-state index in [1.807, 2.05) is 13.8 Å². The minimum absolute atomic E-state index is 0.349. The molecular weight excluding hydrogens is 316 g/mol. The number of hydrogen-bond donors (Lipinski definition) is 4. The van der Waals surface area contributed by atoms with Gasteiger partial charge in [0.2, 0.25) is 5.95 Å². The molecule has 23 heavy (non-hydrogen) atoms. The summed E-state index contributed by atoms with van der Waals surface area (Å²) in [5.74, 6) is 1.62. The standard InChI is InChI=1S/C16H25ClN4O2/c1-15(22,10-3-4-10)8-19-13-12(17)7-18-14(21-13)20-9-16(2,23)11-5-6-11/h7,10-11,22-23H,3-6,8-9H2,1-2H3,(H2,18,19,20,21). The van der Waals surface area contributed by atoms with Crippen LogP contribution in [0.5, 0.6) is 0 Å². The number of aromatic nitrogens is 2. The van der Waals surface area contributed by atoms with Gasteiger partial charge in [-0.1, -0.05) is 11.6 Å². The molecular formula is C16H25ClN4O2. The zero-order valence-corrected chi connectivity index (χ0v) is 14.4. The van der Waals surface area contributed by atoms with Crippen LogP contribution in [0, 0.1) is 11.8 Å². The highest BCUT2D eigenvalue weighted by Gasteiger charge is 2.40.